The number of hydrogen-bond acceptors (Lipinski definition) is 4. The van der Waals surface area contributed by atoms with Gasteiger partial charge in [-0.1, -0.05) is 72.0 Å². The maximum Gasteiger partial charge on any atom is 0.234 e. The predicted octanol–water partition coefficient (Wildman–Crippen LogP) is 4.85. The topological polar surface area (TPSA) is 56.2 Å². The maximum atomic E-state index is 6.25. The Balaban J connectivity index is 1.43. The van der Waals surface area contributed by atoms with Gasteiger partial charge in [-0.25, -0.2) is 0 Å². The highest BCUT2D eigenvalue weighted by molar-refractivity contribution is 6.30. The first-order chi connectivity index (χ1) is 16.0. The third-order valence-corrected chi connectivity index (χ3v) is 6.33. The van der Waals surface area contributed by atoms with E-state index < -0.39 is 0 Å². The van der Waals surface area contributed by atoms with Crippen LogP contribution < -0.4 is 4.90 Å². The van der Waals surface area contributed by atoms with Crippen LogP contribution in [-0.2, 0) is 13.0 Å². The van der Waals surface area contributed by atoms with Crippen LogP contribution >= 0.6 is 11.6 Å². The van der Waals surface area contributed by atoms with E-state index >= 15 is 0 Å². The number of nitrogens with one attached hydrogen (secondary N) is 1. The molecule has 5 nitrogen and oxygen atoms in total. The van der Waals surface area contributed by atoms with E-state index in [4.69, 9.17) is 21.1 Å². The molecule has 33 heavy (non-hydrogen) atoms. The lowest BCUT2D eigenvalue weighted by Crippen LogP contribution is -3.06. The Morgan fingerprint density at radius 1 is 1.00 bits per heavy atom. The van der Waals surface area contributed by atoms with Crippen LogP contribution in [-0.4, -0.2) is 15.1 Å². The number of aryl methyl sites for hydroxylation is 2. The van der Waals surface area contributed by atoms with E-state index in [0.717, 1.165) is 17.7 Å². The van der Waals surface area contributed by atoms with Crippen molar-refractivity contribution in [1.82, 2.24) is 15.1 Å². The van der Waals surface area contributed by atoms with E-state index in [1.807, 2.05) is 24.4 Å². The van der Waals surface area contributed by atoms with Crippen LogP contribution in [0.3, 0.4) is 0 Å². The summed E-state index contributed by atoms with van der Waals surface area (Å²) in [5, 5.41) is 4.87. The fourth-order valence-corrected chi connectivity index (χ4v) is 4.17. The minimum atomic E-state index is -0.142. The summed E-state index contributed by atoms with van der Waals surface area (Å²) >= 11 is 6.25. The summed E-state index contributed by atoms with van der Waals surface area (Å²) in [6.45, 7) is 7.32. The molecule has 2 aromatic heterocycles. The second-order valence-corrected chi connectivity index (χ2v) is 8.98. The van der Waals surface area contributed by atoms with Crippen molar-refractivity contribution in [3.8, 4) is 11.4 Å². The van der Waals surface area contributed by atoms with Gasteiger partial charge in [0.15, 0.2) is 0 Å². The van der Waals surface area contributed by atoms with Crippen LogP contribution in [0.1, 0.15) is 39.6 Å². The molecule has 0 fully saturated rings. The number of rotatable bonds is 7. The summed E-state index contributed by atoms with van der Waals surface area (Å²) in [6, 6.07) is 16.8. The molecule has 166 valence electrons. The van der Waals surface area contributed by atoms with Crippen LogP contribution in [0.5, 0.6) is 0 Å². The first-order valence-corrected chi connectivity index (χ1v) is 11.4. The second kappa shape index (κ2) is 9.22. The standard InChI is InChI=1S/C27H25ClN4O/c1-18-4-5-21(12-19(18)2)13-25(23-14-24(28)16-29-15-23)27-30-26(31-33-27)22-8-6-20(7-9-22)17-32-10-3-11-32/h3-12,14-16,25,32H,13,17H2,1-2H3. The van der Waals surface area contributed by atoms with Crippen LogP contribution in [0.15, 0.2) is 77.7 Å². The van der Waals surface area contributed by atoms with Crippen molar-refractivity contribution in [1.29, 1.82) is 0 Å². The van der Waals surface area contributed by atoms with E-state index in [1.165, 1.54) is 27.2 Å². The number of nitrogens with zero attached hydrogens (tertiary/aromatic N) is 3. The van der Waals surface area contributed by atoms with Gasteiger partial charge in [0.2, 0.25) is 11.7 Å². The van der Waals surface area contributed by atoms with Gasteiger partial charge in [0.1, 0.15) is 0 Å². The maximum absolute atomic E-state index is 6.25. The van der Waals surface area contributed by atoms with Crippen molar-refractivity contribution >= 4 is 11.6 Å². The van der Waals surface area contributed by atoms with Crippen molar-refractivity contribution in [2.45, 2.75) is 32.7 Å². The van der Waals surface area contributed by atoms with Gasteiger partial charge in [0.25, 0.3) is 0 Å². The smallest absolute Gasteiger partial charge is 0.234 e. The van der Waals surface area contributed by atoms with Gasteiger partial charge < -0.3 is 9.42 Å². The molecule has 0 bridgehead atoms. The number of quaternary nitrogens is 1. The van der Waals surface area contributed by atoms with E-state index in [0.29, 0.717) is 23.2 Å². The molecule has 0 aliphatic carbocycles. The van der Waals surface area contributed by atoms with Gasteiger partial charge in [0.05, 0.1) is 17.5 Å². The van der Waals surface area contributed by atoms with Crippen LogP contribution in [0.25, 0.3) is 11.4 Å². The zero-order chi connectivity index (χ0) is 22.8. The van der Waals surface area contributed by atoms with Gasteiger partial charge in [-0.05, 0) is 48.6 Å². The molecule has 6 heteroatoms. The molecule has 2 unspecified atom stereocenters. The molecule has 0 amide bonds. The molecule has 0 saturated carbocycles. The number of aromatic nitrogens is 3. The molecule has 2 atom stereocenters. The lowest BCUT2D eigenvalue weighted by molar-refractivity contribution is -0.840. The molecule has 4 aromatic rings. The molecule has 1 aliphatic heterocycles. The monoisotopic (exact) mass is 456 g/mol. The Labute approximate surface area is 198 Å². The molecular formula is C27H25ClN4O. The van der Waals surface area contributed by atoms with Crippen LogP contribution in [0.4, 0.5) is 0 Å². The predicted molar refractivity (Wildman–Crippen MR) is 129 cm³/mol. The second-order valence-electron chi connectivity index (χ2n) is 8.54. The minimum Gasteiger partial charge on any atom is -0.421 e. The Morgan fingerprint density at radius 2 is 1.79 bits per heavy atom. The van der Waals surface area contributed by atoms with E-state index in [2.05, 4.69) is 73.1 Å². The van der Waals surface area contributed by atoms with Gasteiger partial charge in [-0.15, -0.1) is 6.08 Å². The SMILES string of the molecule is Cc1ccc(CC(c2cncc(Cl)c2)c2nc(-c3ccc(C[NH+]4C=C[CH-]4)cc3)no2)cc1C. The van der Waals surface area contributed by atoms with Gasteiger partial charge in [-0.3, -0.25) is 4.98 Å². The fraction of sp³-hybridized carbons (Fsp3) is 0.185. The zero-order valence-corrected chi connectivity index (χ0v) is 19.4. The highest BCUT2D eigenvalue weighted by atomic mass is 35.5. The lowest BCUT2D eigenvalue weighted by Gasteiger charge is -2.29. The quantitative estimate of drug-likeness (QED) is 0.404. The summed E-state index contributed by atoms with van der Waals surface area (Å²) in [6.07, 6.45) is 8.37. The first-order valence-electron chi connectivity index (χ1n) is 11.0. The molecule has 1 N–H and O–H groups in total. The van der Waals surface area contributed by atoms with Gasteiger partial charge >= 0.3 is 0 Å². The van der Waals surface area contributed by atoms with Crippen molar-refractivity contribution < 1.29 is 9.42 Å². The molecule has 1 aliphatic rings. The highest BCUT2D eigenvalue weighted by Crippen LogP contribution is 2.30. The van der Waals surface area contributed by atoms with Crippen molar-refractivity contribution in [3.05, 3.63) is 118 Å². The summed E-state index contributed by atoms with van der Waals surface area (Å²) in [7, 11) is 0. The fourth-order valence-electron chi connectivity index (χ4n) is 3.98. The Bertz CT molecular complexity index is 1300. The van der Waals surface area contributed by atoms with E-state index in [9.17, 15) is 0 Å². The zero-order valence-electron chi connectivity index (χ0n) is 18.6. The average Bonchev–Trinajstić information content (AvgIpc) is 3.27. The summed E-state index contributed by atoms with van der Waals surface area (Å²) in [5.41, 5.74) is 6.87. The number of pyridine rings is 1. The molecular weight excluding hydrogens is 432 g/mol. The molecule has 5 rings (SSSR count). The van der Waals surface area contributed by atoms with Crippen molar-refractivity contribution in [2.75, 3.05) is 0 Å². The lowest BCUT2D eigenvalue weighted by atomic mass is 9.91. The van der Waals surface area contributed by atoms with Gasteiger partial charge in [-0.2, -0.15) is 4.98 Å². The Hall–Kier alpha value is -3.41. The van der Waals surface area contributed by atoms with Crippen LogP contribution in [0.2, 0.25) is 5.02 Å². The minimum absolute atomic E-state index is 0.142. The number of halogens is 1. The highest BCUT2D eigenvalue weighted by Gasteiger charge is 2.23. The summed E-state index contributed by atoms with van der Waals surface area (Å²) in [5.74, 6) is 0.997. The third-order valence-electron chi connectivity index (χ3n) is 6.12. The largest absolute Gasteiger partial charge is 0.421 e. The average molecular weight is 457 g/mol. The normalized spacial score (nSPS) is 15.7. The summed E-state index contributed by atoms with van der Waals surface area (Å²) in [4.78, 5) is 10.4. The Morgan fingerprint density at radius 3 is 2.48 bits per heavy atom. The molecule has 0 radical (unpaired) electrons. The Kier molecular flexibility index (Phi) is 5.99. The molecule has 0 saturated heterocycles. The van der Waals surface area contributed by atoms with Crippen molar-refractivity contribution in [3.63, 3.8) is 0 Å². The van der Waals surface area contributed by atoms with Crippen LogP contribution in [0, 0.1) is 20.4 Å². The molecule has 3 heterocycles. The molecule has 0 spiro atoms. The number of benzene rings is 2. The van der Waals surface area contributed by atoms with E-state index in [-0.39, 0.29) is 5.92 Å². The van der Waals surface area contributed by atoms with Gasteiger partial charge in [0, 0.05) is 23.5 Å². The third kappa shape index (κ3) is 4.85. The summed E-state index contributed by atoms with van der Waals surface area (Å²) < 4.78 is 5.77. The first kappa shape index (κ1) is 21.4. The van der Waals surface area contributed by atoms with Crippen molar-refractivity contribution in [2.24, 2.45) is 0 Å². The number of hydrogen-bond donors (Lipinski definition) is 1. The van der Waals surface area contributed by atoms with E-state index in [1.54, 1.807) is 6.20 Å². The molecule has 2 aromatic carbocycles.